The van der Waals surface area contributed by atoms with E-state index in [1.54, 1.807) is 12.5 Å². The van der Waals surface area contributed by atoms with Gasteiger partial charge in [0.25, 0.3) is 0 Å². The van der Waals surface area contributed by atoms with E-state index in [-0.39, 0.29) is 0 Å². The molecule has 0 aliphatic rings. The highest BCUT2D eigenvalue weighted by atomic mass is 16.1. The van der Waals surface area contributed by atoms with Crippen molar-refractivity contribution < 1.29 is 4.79 Å². The molecule has 0 aromatic carbocycles. The topological polar surface area (TPSA) is 34.9 Å². The Balaban J connectivity index is 2.50. The number of hydrogen-bond donors (Lipinski definition) is 0. The van der Waals surface area contributed by atoms with Crippen molar-refractivity contribution in [2.75, 3.05) is 0 Å². The van der Waals surface area contributed by atoms with Crippen LogP contribution in [0.3, 0.4) is 0 Å². The van der Waals surface area contributed by atoms with Gasteiger partial charge < -0.3 is 4.57 Å². The Bertz CT molecular complexity index is 317. The fourth-order valence-electron chi connectivity index (χ4n) is 0.871. The van der Waals surface area contributed by atoms with Gasteiger partial charge in [-0.3, -0.25) is 4.79 Å². The molecule has 0 aliphatic carbocycles. The fraction of sp³-hybridized carbons (Fsp3) is 0.333. The van der Waals surface area contributed by atoms with Crippen LogP contribution in [0.2, 0.25) is 0 Å². The molecule has 0 saturated carbocycles. The van der Waals surface area contributed by atoms with Gasteiger partial charge >= 0.3 is 0 Å². The minimum Gasteiger partial charge on any atom is -0.336 e. The summed E-state index contributed by atoms with van der Waals surface area (Å²) in [5, 5.41) is 0. The molecule has 3 heteroatoms. The van der Waals surface area contributed by atoms with E-state index in [0.29, 0.717) is 5.69 Å². The second-order valence-corrected chi connectivity index (χ2v) is 2.33. The smallest absolute Gasteiger partial charge is 0.169 e. The molecule has 1 aromatic rings. The Labute approximate surface area is 71.4 Å². The van der Waals surface area contributed by atoms with Gasteiger partial charge in [0, 0.05) is 19.2 Å². The predicted molar refractivity (Wildman–Crippen MR) is 45.7 cm³/mol. The summed E-state index contributed by atoms with van der Waals surface area (Å²) in [6, 6.07) is 0. The van der Waals surface area contributed by atoms with E-state index in [9.17, 15) is 4.79 Å². The number of carbonyl (C=O) groups is 1. The lowest BCUT2D eigenvalue weighted by molar-refractivity contribution is 0.111. The zero-order valence-electron chi connectivity index (χ0n) is 6.95. The van der Waals surface area contributed by atoms with E-state index >= 15 is 0 Å². The molecule has 1 heterocycles. The third-order valence-electron chi connectivity index (χ3n) is 1.45. The summed E-state index contributed by atoms with van der Waals surface area (Å²) in [5.74, 6) is 5.74. The minimum atomic E-state index is 0.472. The standard InChI is InChI=1S/C9H10N2O/c1-2-3-4-5-11-6-9(7-12)10-8-11/h6-8H,4-5H2,1H3. The van der Waals surface area contributed by atoms with Crippen molar-refractivity contribution in [3.63, 3.8) is 0 Å². The largest absolute Gasteiger partial charge is 0.336 e. The normalized spacial score (nSPS) is 8.75. The highest BCUT2D eigenvalue weighted by Gasteiger charge is 1.94. The van der Waals surface area contributed by atoms with Crippen LogP contribution >= 0.6 is 0 Å². The Morgan fingerprint density at radius 3 is 3.17 bits per heavy atom. The molecule has 0 bridgehead atoms. The molecule has 1 rings (SSSR count). The molecule has 0 spiro atoms. The molecule has 0 N–H and O–H groups in total. The second kappa shape index (κ2) is 4.35. The van der Waals surface area contributed by atoms with E-state index in [2.05, 4.69) is 16.8 Å². The fourth-order valence-corrected chi connectivity index (χ4v) is 0.871. The lowest BCUT2D eigenvalue weighted by Gasteiger charge is -1.93. The van der Waals surface area contributed by atoms with Crippen molar-refractivity contribution in [1.29, 1.82) is 0 Å². The Morgan fingerprint density at radius 1 is 1.75 bits per heavy atom. The number of carbonyl (C=O) groups excluding carboxylic acids is 1. The summed E-state index contributed by atoms with van der Waals surface area (Å²) in [7, 11) is 0. The number of rotatable bonds is 3. The maximum atomic E-state index is 10.2. The summed E-state index contributed by atoms with van der Waals surface area (Å²) >= 11 is 0. The van der Waals surface area contributed by atoms with Crippen molar-refractivity contribution in [1.82, 2.24) is 9.55 Å². The van der Waals surface area contributed by atoms with Crippen LogP contribution in [0.15, 0.2) is 12.5 Å². The molecule has 0 amide bonds. The summed E-state index contributed by atoms with van der Waals surface area (Å²) in [6.07, 6.45) is 4.89. The average Bonchev–Trinajstić information content (AvgIpc) is 2.53. The van der Waals surface area contributed by atoms with Crippen LogP contribution in [-0.4, -0.2) is 15.8 Å². The van der Waals surface area contributed by atoms with Gasteiger partial charge in [-0.2, -0.15) is 0 Å². The molecule has 0 aliphatic heterocycles. The van der Waals surface area contributed by atoms with Gasteiger partial charge in [-0.05, 0) is 6.92 Å². The van der Waals surface area contributed by atoms with E-state index in [1.165, 1.54) is 0 Å². The van der Waals surface area contributed by atoms with Gasteiger partial charge in [0.2, 0.25) is 0 Å². The van der Waals surface area contributed by atoms with Crippen LogP contribution in [0.25, 0.3) is 0 Å². The van der Waals surface area contributed by atoms with Crippen molar-refractivity contribution in [2.45, 2.75) is 19.9 Å². The lowest BCUT2D eigenvalue weighted by atomic mass is 10.4. The van der Waals surface area contributed by atoms with Crippen molar-refractivity contribution in [3.05, 3.63) is 18.2 Å². The van der Waals surface area contributed by atoms with E-state index in [4.69, 9.17) is 0 Å². The quantitative estimate of drug-likeness (QED) is 0.493. The summed E-state index contributed by atoms with van der Waals surface area (Å²) in [6.45, 7) is 2.60. The molecule has 3 nitrogen and oxygen atoms in total. The van der Waals surface area contributed by atoms with Crippen molar-refractivity contribution >= 4 is 6.29 Å². The third-order valence-corrected chi connectivity index (χ3v) is 1.45. The van der Waals surface area contributed by atoms with Crippen molar-refractivity contribution in [3.8, 4) is 11.8 Å². The first kappa shape index (κ1) is 8.54. The van der Waals surface area contributed by atoms with Crippen LogP contribution in [0.4, 0.5) is 0 Å². The number of aromatic nitrogens is 2. The van der Waals surface area contributed by atoms with Gasteiger partial charge in [0.05, 0.1) is 6.33 Å². The average molecular weight is 162 g/mol. The summed E-state index contributed by atoms with van der Waals surface area (Å²) in [5.41, 5.74) is 0.472. The Hall–Kier alpha value is -1.56. The summed E-state index contributed by atoms with van der Waals surface area (Å²) < 4.78 is 1.86. The van der Waals surface area contributed by atoms with Gasteiger partial charge in [0.15, 0.2) is 6.29 Å². The number of aryl methyl sites for hydroxylation is 1. The minimum absolute atomic E-state index is 0.472. The van der Waals surface area contributed by atoms with E-state index in [0.717, 1.165) is 19.3 Å². The first-order chi connectivity index (χ1) is 5.86. The SMILES string of the molecule is CC#CCCn1cnc(C=O)c1. The molecule has 62 valence electrons. The zero-order chi connectivity index (χ0) is 8.81. The monoisotopic (exact) mass is 162 g/mol. The molecule has 0 atom stereocenters. The number of imidazole rings is 1. The van der Waals surface area contributed by atoms with Gasteiger partial charge in [-0.1, -0.05) is 0 Å². The highest BCUT2D eigenvalue weighted by Crippen LogP contribution is 1.93. The van der Waals surface area contributed by atoms with Crippen LogP contribution in [0, 0.1) is 11.8 Å². The molecule has 0 saturated heterocycles. The summed E-state index contributed by atoms with van der Waals surface area (Å²) in [4.78, 5) is 14.1. The highest BCUT2D eigenvalue weighted by molar-refractivity contribution is 5.70. The maximum Gasteiger partial charge on any atom is 0.169 e. The second-order valence-electron chi connectivity index (χ2n) is 2.33. The first-order valence-electron chi connectivity index (χ1n) is 3.73. The predicted octanol–water partition coefficient (Wildman–Crippen LogP) is 1.11. The number of hydrogen-bond acceptors (Lipinski definition) is 2. The van der Waals surface area contributed by atoms with E-state index < -0.39 is 0 Å². The van der Waals surface area contributed by atoms with Crippen LogP contribution < -0.4 is 0 Å². The van der Waals surface area contributed by atoms with Crippen molar-refractivity contribution in [2.24, 2.45) is 0 Å². The van der Waals surface area contributed by atoms with Gasteiger partial charge in [-0.25, -0.2) is 4.98 Å². The van der Waals surface area contributed by atoms with Crippen LogP contribution in [0.5, 0.6) is 0 Å². The van der Waals surface area contributed by atoms with Crippen LogP contribution in [0.1, 0.15) is 23.8 Å². The maximum absolute atomic E-state index is 10.2. The number of nitrogens with zero attached hydrogens (tertiary/aromatic N) is 2. The van der Waals surface area contributed by atoms with Gasteiger partial charge in [0.1, 0.15) is 5.69 Å². The molecule has 0 fully saturated rings. The van der Waals surface area contributed by atoms with Gasteiger partial charge in [-0.15, -0.1) is 11.8 Å². The number of aldehydes is 1. The third kappa shape index (κ3) is 2.24. The molecular weight excluding hydrogens is 152 g/mol. The molecule has 12 heavy (non-hydrogen) atoms. The molecule has 0 radical (unpaired) electrons. The molecular formula is C9H10N2O. The molecule has 1 aromatic heterocycles. The zero-order valence-corrected chi connectivity index (χ0v) is 6.95. The first-order valence-corrected chi connectivity index (χ1v) is 3.73. The lowest BCUT2D eigenvalue weighted by Crippen LogP contribution is -1.92. The van der Waals surface area contributed by atoms with Crippen LogP contribution in [-0.2, 0) is 6.54 Å². The Morgan fingerprint density at radius 2 is 2.58 bits per heavy atom. The Kier molecular flexibility index (Phi) is 3.09. The van der Waals surface area contributed by atoms with E-state index in [1.807, 2.05) is 11.5 Å². The molecule has 0 unspecified atom stereocenters.